The molecular weight excluding hydrogens is 421 g/mol. The number of hydrazone groups is 1. The summed E-state index contributed by atoms with van der Waals surface area (Å²) in [6, 6.07) is 21.8. The zero-order valence-corrected chi connectivity index (χ0v) is 18.5. The lowest BCUT2D eigenvalue weighted by atomic mass is 10.0. The minimum Gasteiger partial charge on any atom is -0.488 e. The summed E-state index contributed by atoms with van der Waals surface area (Å²) in [6.07, 6.45) is 1.48. The number of halogens is 1. The van der Waals surface area contributed by atoms with Crippen LogP contribution in [0.3, 0.4) is 0 Å². The molecule has 0 aromatic heterocycles. The molecule has 0 fully saturated rings. The lowest BCUT2D eigenvalue weighted by Crippen LogP contribution is -2.48. The highest BCUT2D eigenvalue weighted by Gasteiger charge is 2.25. The average Bonchev–Trinajstić information content (AvgIpc) is 2.82. The monoisotopic (exact) mass is 447 g/mol. The SMILES string of the molecule is CC(C)C(NC(=O)c1ccccc1F)C(=O)NN=Cc1ccccc1OCc1ccccc1. The summed E-state index contributed by atoms with van der Waals surface area (Å²) < 4.78 is 19.8. The lowest BCUT2D eigenvalue weighted by molar-refractivity contribution is -0.123. The lowest BCUT2D eigenvalue weighted by Gasteiger charge is -2.20. The molecule has 0 spiro atoms. The van der Waals surface area contributed by atoms with E-state index >= 15 is 0 Å². The maximum absolute atomic E-state index is 13.9. The maximum atomic E-state index is 13.9. The molecule has 0 bridgehead atoms. The van der Waals surface area contributed by atoms with E-state index in [2.05, 4.69) is 15.8 Å². The highest BCUT2D eigenvalue weighted by Crippen LogP contribution is 2.17. The third-order valence-corrected chi connectivity index (χ3v) is 4.89. The number of amides is 2. The van der Waals surface area contributed by atoms with Gasteiger partial charge in [0.15, 0.2) is 0 Å². The van der Waals surface area contributed by atoms with Gasteiger partial charge in [0.2, 0.25) is 0 Å². The predicted octanol–water partition coefficient (Wildman–Crippen LogP) is 4.31. The zero-order chi connectivity index (χ0) is 23.6. The first kappa shape index (κ1) is 23.7. The summed E-state index contributed by atoms with van der Waals surface area (Å²) in [7, 11) is 0. The Balaban J connectivity index is 1.63. The first-order chi connectivity index (χ1) is 16.0. The van der Waals surface area contributed by atoms with Crippen molar-refractivity contribution in [2.45, 2.75) is 26.5 Å². The number of carbonyl (C=O) groups is 2. The van der Waals surface area contributed by atoms with Gasteiger partial charge in [-0.1, -0.05) is 68.4 Å². The van der Waals surface area contributed by atoms with Crippen LogP contribution in [0, 0.1) is 11.7 Å². The van der Waals surface area contributed by atoms with Gasteiger partial charge in [0, 0.05) is 5.56 Å². The normalized spacial score (nSPS) is 11.9. The van der Waals surface area contributed by atoms with Crippen molar-refractivity contribution in [3.63, 3.8) is 0 Å². The third-order valence-electron chi connectivity index (χ3n) is 4.89. The van der Waals surface area contributed by atoms with Crippen molar-refractivity contribution >= 4 is 18.0 Å². The van der Waals surface area contributed by atoms with Crippen LogP contribution in [-0.2, 0) is 11.4 Å². The van der Waals surface area contributed by atoms with Crippen molar-refractivity contribution in [2.24, 2.45) is 11.0 Å². The second kappa shape index (κ2) is 11.6. The average molecular weight is 448 g/mol. The van der Waals surface area contributed by atoms with Gasteiger partial charge < -0.3 is 10.1 Å². The van der Waals surface area contributed by atoms with Gasteiger partial charge in [0.25, 0.3) is 11.8 Å². The Hall–Kier alpha value is -4.00. The topological polar surface area (TPSA) is 79.8 Å². The summed E-state index contributed by atoms with van der Waals surface area (Å²) in [5, 5.41) is 6.61. The standard InChI is InChI=1S/C26H26FN3O3/c1-18(2)24(29-25(31)21-13-7-8-14-22(21)27)26(32)30-28-16-20-12-6-9-15-23(20)33-17-19-10-4-3-5-11-19/h3-16,18,24H,17H2,1-2H3,(H,29,31)(H,30,32). The molecule has 0 heterocycles. The molecule has 7 heteroatoms. The number of carbonyl (C=O) groups excluding carboxylic acids is 2. The second-order valence-corrected chi connectivity index (χ2v) is 7.72. The fourth-order valence-electron chi connectivity index (χ4n) is 3.09. The van der Waals surface area contributed by atoms with E-state index in [-0.39, 0.29) is 11.5 Å². The van der Waals surface area contributed by atoms with Crippen LogP contribution in [-0.4, -0.2) is 24.1 Å². The number of para-hydroxylation sites is 1. The van der Waals surface area contributed by atoms with Gasteiger partial charge in [-0.25, -0.2) is 9.82 Å². The molecule has 0 saturated carbocycles. The Kier molecular flexibility index (Phi) is 8.30. The molecule has 1 unspecified atom stereocenters. The number of benzene rings is 3. The fraction of sp³-hybridized carbons (Fsp3) is 0.192. The van der Waals surface area contributed by atoms with Gasteiger partial charge in [0.1, 0.15) is 24.2 Å². The minimum atomic E-state index is -0.890. The first-order valence-corrected chi connectivity index (χ1v) is 10.6. The highest BCUT2D eigenvalue weighted by molar-refractivity contribution is 5.98. The number of ether oxygens (including phenoxy) is 1. The summed E-state index contributed by atoms with van der Waals surface area (Å²) in [5.41, 5.74) is 4.05. The Morgan fingerprint density at radius 3 is 2.36 bits per heavy atom. The van der Waals surface area contributed by atoms with Crippen LogP contribution in [0.2, 0.25) is 0 Å². The summed E-state index contributed by atoms with van der Waals surface area (Å²) in [5.74, 6) is -1.44. The van der Waals surface area contributed by atoms with Crippen molar-refractivity contribution in [3.05, 3.63) is 101 Å². The second-order valence-electron chi connectivity index (χ2n) is 7.72. The first-order valence-electron chi connectivity index (χ1n) is 10.6. The highest BCUT2D eigenvalue weighted by atomic mass is 19.1. The van der Waals surface area contributed by atoms with Crippen molar-refractivity contribution in [1.29, 1.82) is 0 Å². The minimum absolute atomic E-state index is 0.121. The van der Waals surface area contributed by atoms with Crippen LogP contribution in [0.15, 0.2) is 84.0 Å². The van der Waals surface area contributed by atoms with Gasteiger partial charge in [-0.05, 0) is 35.7 Å². The van der Waals surface area contributed by atoms with Crippen molar-refractivity contribution in [1.82, 2.24) is 10.7 Å². The van der Waals surface area contributed by atoms with E-state index in [9.17, 15) is 14.0 Å². The van der Waals surface area contributed by atoms with Crippen LogP contribution in [0.4, 0.5) is 4.39 Å². The van der Waals surface area contributed by atoms with Crippen LogP contribution >= 0.6 is 0 Å². The molecule has 3 aromatic carbocycles. The number of hydrogen-bond acceptors (Lipinski definition) is 4. The van der Waals surface area contributed by atoms with Crippen molar-refractivity contribution in [3.8, 4) is 5.75 Å². The van der Waals surface area contributed by atoms with Crippen LogP contribution in [0.25, 0.3) is 0 Å². The van der Waals surface area contributed by atoms with E-state index in [1.165, 1.54) is 24.4 Å². The van der Waals surface area contributed by atoms with E-state index in [1.807, 2.05) is 54.6 Å². The third kappa shape index (κ3) is 6.74. The zero-order valence-electron chi connectivity index (χ0n) is 18.5. The molecule has 0 saturated heterocycles. The molecule has 33 heavy (non-hydrogen) atoms. The molecule has 3 aromatic rings. The molecule has 0 aliphatic rings. The molecule has 3 rings (SSSR count). The van der Waals surface area contributed by atoms with E-state index in [0.717, 1.165) is 5.56 Å². The predicted molar refractivity (Wildman–Crippen MR) is 125 cm³/mol. The molecular formula is C26H26FN3O3. The molecule has 0 radical (unpaired) electrons. The largest absolute Gasteiger partial charge is 0.488 e. The molecule has 1 atom stereocenters. The fourth-order valence-corrected chi connectivity index (χ4v) is 3.09. The van der Waals surface area contributed by atoms with Crippen LogP contribution in [0.1, 0.15) is 35.3 Å². The van der Waals surface area contributed by atoms with Gasteiger partial charge in [-0.3, -0.25) is 9.59 Å². The number of nitrogens with zero attached hydrogens (tertiary/aromatic N) is 1. The van der Waals surface area contributed by atoms with Gasteiger partial charge >= 0.3 is 0 Å². The van der Waals surface area contributed by atoms with Gasteiger partial charge in [0.05, 0.1) is 11.8 Å². The van der Waals surface area contributed by atoms with Crippen LogP contribution in [0.5, 0.6) is 5.75 Å². The Bertz CT molecular complexity index is 1120. The van der Waals surface area contributed by atoms with E-state index in [4.69, 9.17) is 4.74 Å². The van der Waals surface area contributed by atoms with Crippen molar-refractivity contribution < 1.29 is 18.7 Å². The summed E-state index contributed by atoms with van der Waals surface area (Å²) in [6.45, 7) is 3.96. The molecule has 6 nitrogen and oxygen atoms in total. The molecule has 2 N–H and O–H groups in total. The van der Waals surface area contributed by atoms with Gasteiger partial charge in [-0.15, -0.1) is 0 Å². The molecule has 0 aliphatic heterocycles. The summed E-state index contributed by atoms with van der Waals surface area (Å²) in [4.78, 5) is 25.1. The van der Waals surface area contributed by atoms with Gasteiger partial charge in [-0.2, -0.15) is 5.10 Å². The van der Waals surface area contributed by atoms with Crippen molar-refractivity contribution in [2.75, 3.05) is 0 Å². The quantitative estimate of drug-likeness (QED) is 0.379. The van der Waals surface area contributed by atoms with E-state index in [0.29, 0.717) is 17.9 Å². The van der Waals surface area contributed by atoms with Crippen LogP contribution < -0.4 is 15.5 Å². The molecule has 2 amide bonds. The van der Waals surface area contributed by atoms with E-state index < -0.39 is 23.7 Å². The number of hydrogen-bond donors (Lipinski definition) is 2. The Labute approximate surface area is 192 Å². The van der Waals surface area contributed by atoms with E-state index in [1.54, 1.807) is 19.9 Å². The Morgan fingerprint density at radius 1 is 0.970 bits per heavy atom. The smallest absolute Gasteiger partial charge is 0.262 e. The molecule has 170 valence electrons. The molecule has 0 aliphatic carbocycles. The maximum Gasteiger partial charge on any atom is 0.262 e. The Morgan fingerprint density at radius 2 is 1.64 bits per heavy atom. The number of rotatable bonds is 9. The number of nitrogens with one attached hydrogen (secondary N) is 2. The summed E-state index contributed by atoms with van der Waals surface area (Å²) >= 11 is 0.